The van der Waals surface area contributed by atoms with Gasteiger partial charge in [0.25, 0.3) is 0 Å². The second kappa shape index (κ2) is 7.44. The molecule has 0 radical (unpaired) electrons. The minimum atomic E-state index is -1.47. The van der Waals surface area contributed by atoms with E-state index < -0.39 is 29.3 Å². The molecule has 1 heterocycles. The van der Waals surface area contributed by atoms with Crippen LogP contribution in [-0.4, -0.2) is 52.5 Å². The van der Waals surface area contributed by atoms with E-state index in [4.69, 9.17) is 9.47 Å². The van der Waals surface area contributed by atoms with Crippen LogP contribution >= 0.6 is 0 Å². The fraction of sp³-hybridized carbons (Fsp3) is 0.579. The van der Waals surface area contributed by atoms with Crippen LogP contribution in [0.5, 0.6) is 0 Å². The number of aliphatic hydroxyl groups excluding tert-OH is 1. The number of amides is 1. The second-order valence-electron chi connectivity index (χ2n) is 7.24. The van der Waals surface area contributed by atoms with Crippen molar-refractivity contribution in [2.24, 2.45) is 0 Å². The maximum atomic E-state index is 12.8. The molecule has 0 unspecified atom stereocenters. The summed E-state index contributed by atoms with van der Waals surface area (Å²) in [4.78, 5) is 26.9. The summed E-state index contributed by atoms with van der Waals surface area (Å²) in [5, 5.41) is 10.7. The van der Waals surface area contributed by atoms with Crippen molar-refractivity contribution in [1.29, 1.82) is 0 Å². The lowest BCUT2D eigenvalue weighted by Crippen LogP contribution is -2.61. The third-order valence-corrected chi connectivity index (χ3v) is 4.22. The summed E-state index contributed by atoms with van der Waals surface area (Å²) in [7, 11) is 0. The summed E-state index contributed by atoms with van der Waals surface area (Å²) in [6.45, 7) is 7.40. The van der Waals surface area contributed by atoms with Crippen LogP contribution in [0.4, 0.5) is 4.79 Å². The maximum absolute atomic E-state index is 12.8. The molecule has 6 heteroatoms. The van der Waals surface area contributed by atoms with Gasteiger partial charge in [-0.1, -0.05) is 30.3 Å². The van der Waals surface area contributed by atoms with Crippen LogP contribution in [0.3, 0.4) is 0 Å². The van der Waals surface area contributed by atoms with Gasteiger partial charge in [-0.15, -0.1) is 0 Å². The number of carbonyl (C=O) groups is 2. The van der Waals surface area contributed by atoms with Crippen LogP contribution < -0.4 is 0 Å². The smallest absolute Gasteiger partial charge is 0.411 e. The normalized spacial score (nSPS) is 23.4. The molecule has 1 aromatic carbocycles. The minimum Gasteiger partial charge on any atom is -0.464 e. The van der Waals surface area contributed by atoms with Crippen LogP contribution in [0.25, 0.3) is 0 Å². The van der Waals surface area contributed by atoms with Gasteiger partial charge in [-0.2, -0.15) is 0 Å². The van der Waals surface area contributed by atoms with E-state index in [9.17, 15) is 14.7 Å². The van der Waals surface area contributed by atoms with Crippen molar-refractivity contribution in [3.8, 4) is 0 Å². The van der Waals surface area contributed by atoms with Crippen molar-refractivity contribution >= 4 is 12.1 Å². The number of esters is 1. The quantitative estimate of drug-likeness (QED) is 0.846. The van der Waals surface area contributed by atoms with Gasteiger partial charge in [0.15, 0.2) is 5.54 Å². The van der Waals surface area contributed by atoms with Crippen molar-refractivity contribution < 1.29 is 24.2 Å². The molecule has 0 bridgehead atoms. The Morgan fingerprint density at radius 1 is 1.28 bits per heavy atom. The third-order valence-electron chi connectivity index (χ3n) is 4.22. The molecule has 1 aliphatic heterocycles. The van der Waals surface area contributed by atoms with E-state index in [1.165, 1.54) is 4.90 Å². The van der Waals surface area contributed by atoms with E-state index >= 15 is 0 Å². The molecule has 0 spiro atoms. The van der Waals surface area contributed by atoms with Crippen molar-refractivity contribution in [2.75, 3.05) is 13.2 Å². The van der Waals surface area contributed by atoms with Gasteiger partial charge in [0.2, 0.25) is 0 Å². The van der Waals surface area contributed by atoms with E-state index in [2.05, 4.69) is 0 Å². The molecule has 2 atom stereocenters. The summed E-state index contributed by atoms with van der Waals surface area (Å²) in [6, 6.07) is 9.30. The average Bonchev–Trinajstić information content (AvgIpc) is 2.85. The minimum absolute atomic E-state index is 0.171. The molecular weight excluding hydrogens is 322 g/mol. The van der Waals surface area contributed by atoms with Crippen LogP contribution in [0.15, 0.2) is 30.3 Å². The highest BCUT2D eigenvalue weighted by Gasteiger charge is 2.58. The van der Waals surface area contributed by atoms with Crippen LogP contribution in [0.1, 0.15) is 39.7 Å². The topological polar surface area (TPSA) is 76.1 Å². The first kappa shape index (κ1) is 19.2. The zero-order valence-electron chi connectivity index (χ0n) is 15.3. The second-order valence-corrected chi connectivity index (χ2v) is 7.24. The van der Waals surface area contributed by atoms with E-state index in [-0.39, 0.29) is 19.6 Å². The highest BCUT2D eigenvalue weighted by Crippen LogP contribution is 2.36. The first-order valence-corrected chi connectivity index (χ1v) is 8.60. The SMILES string of the molecule is CCOC(=O)[C@@]1(Cc2ccccc2)[C@@H](O)CCN1C(=O)OC(C)(C)C. The zero-order valence-corrected chi connectivity index (χ0v) is 15.3. The highest BCUT2D eigenvalue weighted by molar-refractivity contribution is 5.88. The predicted molar refractivity (Wildman–Crippen MR) is 93.1 cm³/mol. The number of rotatable bonds is 4. The van der Waals surface area contributed by atoms with Gasteiger partial charge in [-0.3, -0.25) is 4.90 Å². The van der Waals surface area contributed by atoms with E-state index in [1.54, 1.807) is 27.7 Å². The fourth-order valence-corrected chi connectivity index (χ4v) is 3.14. The zero-order chi connectivity index (χ0) is 18.7. The lowest BCUT2D eigenvalue weighted by Gasteiger charge is -2.38. The Bertz CT molecular complexity index is 610. The number of hydrogen-bond donors (Lipinski definition) is 1. The van der Waals surface area contributed by atoms with Crippen molar-refractivity contribution in [2.45, 2.75) is 57.8 Å². The molecule has 2 rings (SSSR count). The Morgan fingerprint density at radius 2 is 1.92 bits per heavy atom. The molecule has 1 N–H and O–H groups in total. The van der Waals surface area contributed by atoms with Gasteiger partial charge in [-0.25, -0.2) is 9.59 Å². The number of carbonyl (C=O) groups excluding carboxylic acids is 2. The molecule has 1 amide bonds. The third kappa shape index (κ3) is 4.12. The summed E-state index contributed by atoms with van der Waals surface area (Å²) < 4.78 is 10.7. The van der Waals surface area contributed by atoms with Gasteiger partial charge >= 0.3 is 12.1 Å². The van der Waals surface area contributed by atoms with E-state index in [0.29, 0.717) is 6.42 Å². The lowest BCUT2D eigenvalue weighted by atomic mass is 9.86. The largest absolute Gasteiger partial charge is 0.464 e. The van der Waals surface area contributed by atoms with Gasteiger partial charge in [0, 0.05) is 13.0 Å². The predicted octanol–water partition coefficient (Wildman–Crippen LogP) is 2.53. The summed E-state index contributed by atoms with van der Waals surface area (Å²) in [5.41, 5.74) is -1.33. The number of benzene rings is 1. The van der Waals surface area contributed by atoms with Crippen molar-refractivity contribution in [3.05, 3.63) is 35.9 Å². The summed E-state index contributed by atoms with van der Waals surface area (Å²) >= 11 is 0. The Kier molecular flexibility index (Phi) is 5.72. The van der Waals surface area contributed by atoms with Crippen molar-refractivity contribution in [1.82, 2.24) is 4.90 Å². The average molecular weight is 349 g/mol. The van der Waals surface area contributed by atoms with Gasteiger partial charge in [0.05, 0.1) is 12.7 Å². The first-order valence-electron chi connectivity index (χ1n) is 8.60. The van der Waals surface area contributed by atoms with Crippen LogP contribution in [0.2, 0.25) is 0 Å². The molecule has 1 aliphatic rings. The fourth-order valence-electron chi connectivity index (χ4n) is 3.14. The number of likely N-dealkylation sites (tertiary alicyclic amines) is 1. The van der Waals surface area contributed by atoms with Gasteiger partial charge in [0.1, 0.15) is 5.60 Å². The van der Waals surface area contributed by atoms with Crippen molar-refractivity contribution in [3.63, 3.8) is 0 Å². The lowest BCUT2D eigenvalue weighted by molar-refractivity contribution is -0.161. The highest BCUT2D eigenvalue weighted by atomic mass is 16.6. The van der Waals surface area contributed by atoms with Crippen LogP contribution in [-0.2, 0) is 20.7 Å². The number of nitrogens with zero attached hydrogens (tertiary/aromatic N) is 1. The number of hydrogen-bond acceptors (Lipinski definition) is 5. The van der Waals surface area contributed by atoms with Gasteiger partial charge < -0.3 is 14.6 Å². The molecule has 0 saturated carbocycles. The monoisotopic (exact) mass is 349 g/mol. The van der Waals surface area contributed by atoms with E-state index in [1.807, 2.05) is 30.3 Å². The molecule has 1 saturated heterocycles. The molecule has 1 fully saturated rings. The molecule has 25 heavy (non-hydrogen) atoms. The Balaban J connectivity index is 2.42. The molecule has 138 valence electrons. The molecule has 6 nitrogen and oxygen atoms in total. The van der Waals surface area contributed by atoms with E-state index in [0.717, 1.165) is 5.56 Å². The number of aliphatic hydroxyl groups is 1. The molecule has 1 aromatic rings. The maximum Gasteiger partial charge on any atom is 0.411 e. The van der Waals surface area contributed by atoms with Gasteiger partial charge in [-0.05, 0) is 39.7 Å². The Labute approximate surface area is 148 Å². The first-order chi connectivity index (χ1) is 11.7. The molecule has 0 aromatic heterocycles. The molecule has 0 aliphatic carbocycles. The van der Waals surface area contributed by atoms with Crippen LogP contribution in [0, 0.1) is 0 Å². The number of ether oxygens (including phenoxy) is 2. The summed E-state index contributed by atoms with van der Waals surface area (Å²) in [5.74, 6) is -0.602. The standard InChI is InChI=1S/C19H27NO5/c1-5-24-16(22)19(13-14-9-7-6-8-10-14)15(21)11-12-20(19)17(23)25-18(2,3)4/h6-10,15,21H,5,11-13H2,1-4H3/t15-,19+/m0/s1. The molecular formula is C19H27NO5. The Morgan fingerprint density at radius 3 is 2.48 bits per heavy atom. The summed E-state index contributed by atoms with van der Waals surface area (Å²) in [6.07, 6.45) is -1.16. The Hall–Kier alpha value is -2.08.